The van der Waals surface area contributed by atoms with Crippen LogP contribution in [0.5, 0.6) is 0 Å². The molecule has 0 rings (SSSR count). The molecule has 0 aliphatic heterocycles. The van der Waals surface area contributed by atoms with Gasteiger partial charge in [0.25, 0.3) is 0 Å². The molecule has 9 heteroatoms. The molecule has 0 radical (unpaired) electrons. The Bertz CT molecular complexity index is 297. The Morgan fingerprint density at radius 3 is 2.42 bits per heavy atom. The maximum Gasteiger partial charge on any atom is 0.405 e. The zero-order chi connectivity index (χ0) is 14.9. The van der Waals surface area contributed by atoms with Crippen LogP contribution in [-0.4, -0.2) is 57.4 Å². The Kier molecular flexibility index (Phi) is 8.08. The highest BCUT2D eigenvalue weighted by molar-refractivity contribution is 5.83. The highest BCUT2D eigenvalue weighted by Gasteiger charge is 2.28. The van der Waals surface area contributed by atoms with Crippen molar-refractivity contribution in [3.05, 3.63) is 0 Å². The van der Waals surface area contributed by atoms with Crippen molar-refractivity contribution in [2.75, 3.05) is 33.4 Å². The number of alkyl halides is 3. The van der Waals surface area contributed by atoms with Crippen molar-refractivity contribution in [2.24, 2.45) is 0 Å². The van der Waals surface area contributed by atoms with E-state index in [0.29, 0.717) is 13.2 Å². The molecule has 112 valence electrons. The maximum atomic E-state index is 11.9. The maximum absolute atomic E-state index is 11.9. The number of halogens is 3. The van der Waals surface area contributed by atoms with Crippen LogP contribution in [0.1, 0.15) is 6.92 Å². The van der Waals surface area contributed by atoms with E-state index < -0.39 is 24.7 Å². The molecule has 0 aliphatic rings. The van der Waals surface area contributed by atoms with Crippen molar-refractivity contribution in [3.8, 4) is 0 Å². The van der Waals surface area contributed by atoms with E-state index in [1.165, 1.54) is 14.0 Å². The Balaban J connectivity index is 3.81. The van der Waals surface area contributed by atoms with Crippen LogP contribution in [0.25, 0.3) is 0 Å². The predicted molar refractivity (Wildman–Crippen MR) is 61.4 cm³/mol. The third-order valence-corrected chi connectivity index (χ3v) is 2.05. The number of hydrogen-bond acceptors (Lipinski definition) is 4. The summed E-state index contributed by atoms with van der Waals surface area (Å²) >= 11 is 0. The second kappa shape index (κ2) is 8.70. The summed E-state index contributed by atoms with van der Waals surface area (Å²) in [7, 11) is 1.48. The molecule has 3 N–H and O–H groups in total. The number of hydrogen-bond donors (Lipinski definition) is 3. The molecule has 1 unspecified atom stereocenters. The Morgan fingerprint density at radius 1 is 1.26 bits per heavy atom. The molecule has 0 fully saturated rings. The van der Waals surface area contributed by atoms with Gasteiger partial charge >= 0.3 is 6.18 Å². The quantitative estimate of drug-likeness (QED) is 0.521. The lowest BCUT2D eigenvalue weighted by molar-refractivity contribution is -0.139. The van der Waals surface area contributed by atoms with Crippen molar-refractivity contribution in [1.82, 2.24) is 16.0 Å². The summed E-state index contributed by atoms with van der Waals surface area (Å²) in [5.41, 5.74) is 0. The molecular weight excluding hydrogens is 267 g/mol. The molecule has 0 spiro atoms. The Morgan fingerprint density at radius 2 is 1.89 bits per heavy atom. The number of amides is 2. The van der Waals surface area contributed by atoms with E-state index in [9.17, 15) is 22.8 Å². The average Bonchev–Trinajstić information content (AvgIpc) is 2.32. The fourth-order valence-electron chi connectivity index (χ4n) is 1.03. The highest BCUT2D eigenvalue weighted by Crippen LogP contribution is 2.12. The Labute approximate surface area is 109 Å². The van der Waals surface area contributed by atoms with Crippen LogP contribution in [0, 0.1) is 0 Å². The summed E-state index contributed by atoms with van der Waals surface area (Å²) in [6.07, 6.45) is -4.45. The lowest BCUT2D eigenvalue weighted by Crippen LogP contribution is -2.48. The number of rotatable bonds is 8. The van der Waals surface area contributed by atoms with Crippen LogP contribution in [0.15, 0.2) is 0 Å². The van der Waals surface area contributed by atoms with Gasteiger partial charge in [0.2, 0.25) is 11.8 Å². The minimum Gasteiger partial charge on any atom is -0.383 e. The monoisotopic (exact) mass is 285 g/mol. The van der Waals surface area contributed by atoms with Gasteiger partial charge in [0.15, 0.2) is 0 Å². The van der Waals surface area contributed by atoms with Crippen LogP contribution in [-0.2, 0) is 14.3 Å². The number of carbonyl (C=O) groups excluding carboxylic acids is 2. The van der Waals surface area contributed by atoms with Crippen molar-refractivity contribution >= 4 is 11.8 Å². The van der Waals surface area contributed by atoms with Crippen LogP contribution in [0.3, 0.4) is 0 Å². The van der Waals surface area contributed by atoms with Gasteiger partial charge in [-0.1, -0.05) is 0 Å². The van der Waals surface area contributed by atoms with Gasteiger partial charge in [-0.3, -0.25) is 14.9 Å². The minimum atomic E-state index is -4.45. The van der Waals surface area contributed by atoms with Gasteiger partial charge in [0.1, 0.15) is 6.54 Å². The zero-order valence-electron chi connectivity index (χ0n) is 10.8. The molecule has 0 aromatic carbocycles. The van der Waals surface area contributed by atoms with Crippen molar-refractivity contribution in [3.63, 3.8) is 0 Å². The molecule has 0 bridgehead atoms. The largest absolute Gasteiger partial charge is 0.405 e. The summed E-state index contributed by atoms with van der Waals surface area (Å²) in [5.74, 6) is -1.19. The molecular formula is C10H18F3N3O3. The molecule has 0 aliphatic carbocycles. The van der Waals surface area contributed by atoms with Crippen molar-refractivity contribution < 1.29 is 27.5 Å². The Hall–Kier alpha value is -1.35. The van der Waals surface area contributed by atoms with E-state index in [1.807, 2.05) is 0 Å². The topological polar surface area (TPSA) is 79.5 Å². The first kappa shape index (κ1) is 17.6. The third kappa shape index (κ3) is 10.3. The van der Waals surface area contributed by atoms with Gasteiger partial charge in [0.05, 0.1) is 19.2 Å². The lowest BCUT2D eigenvalue weighted by Gasteiger charge is -2.14. The van der Waals surface area contributed by atoms with E-state index in [4.69, 9.17) is 4.74 Å². The van der Waals surface area contributed by atoms with E-state index in [0.717, 1.165) is 0 Å². The molecule has 1 atom stereocenters. The van der Waals surface area contributed by atoms with Gasteiger partial charge < -0.3 is 15.4 Å². The van der Waals surface area contributed by atoms with E-state index >= 15 is 0 Å². The van der Waals surface area contributed by atoms with Crippen molar-refractivity contribution in [1.29, 1.82) is 0 Å². The van der Waals surface area contributed by atoms with Crippen LogP contribution < -0.4 is 16.0 Å². The van der Waals surface area contributed by atoms with E-state index in [-0.39, 0.29) is 12.5 Å². The standard InChI is InChI=1S/C10H18F3N3O3/c1-7(9(18)16-6-10(11,12)13)15-5-8(17)14-3-4-19-2/h7,15H,3-6H2,1-2H3,(H,14,17)(H,16,18). The number of carbonyl (C=O) groups is 2. The summed E-state index contributed by atoms with van der Waals surface area (Å²) in [4.78, 5) is 22.5. The smallest absolute Gasteiger partial charge is 0.383 e. The molecule has 0 heterocycles. The summed E-state index contributed by atoms with van der Waals surface area (Å²) in [6, 6.07) is -0.893. The molecule has 2 amide bonds. The molecule has 0 aromatic rings. The van der Waals surface area contributed by atoms with E-state index in [2.05, 4.69) is 10.6 Å². The highest BCUT2D eigenvalue weighted by atomic mass is 19.4. The number of ether oxygens (including phenoxy) is 1. The fourth-order valence-corrected chi connectivity index (χ4v) is 1.03. The SMILES string of the molecule is COCCNC(=O)CNC(C)C(=O)NCC(F)(F)F. The molecule has 19 heavy (non-hydrogen) atoms. The summed E-state index contributed by atoms with van der Waals surface area (Å²) in [6.45, 7) is 0.495. The second-order valence-corrected chi connectivity index (χ2v) is 3.78. The number of nitrogens with one attached hydrogen (secondary N) is 3. The molecule has 6 nitrogen and oxygen atoms in total. The zero-order valence-corrected chi connectivity index (χ0v) is 10.8. The first-order chi connectivity index (χ1) is 8.76. The van der Waals surface area contributed by atoms with Gasteiger partial charge in [-0.05, 0) is 6.92 Å². The molecule has 0 aromatic heterocycles. The van der Waals surface area contributed by atoms with Gasteiger partial charge in [-0.2, -0.15) is 13.2 Å². The summed E-state index contributed by atoms with van der Waals surface area (Å²) < 4.78 is 40.3. The minimum absolute atomic E-state index is 0.162. The van der Waals surface area contributed by atoms with E-state index in [1.54, 1.807) is 5.32 Å². The van der Waals surface area contributed by atoms with Gasteiger partial charge in [0, 0.05) is 13.7 Å². The second-order valence-electron chi connectivity index (χ2n) is 3.78. The predicted octanol–water partition coefficient (Wildman–Crippen LogP) is -0.594. The van der Waals surface area contributed by atoms with Crippen LogP contribution in [0.4, 0.5) is 13.2 Å². The lowest BCUT2D eigenvalue weighted by atomic mass is 10.3. The van der Waals surface area contributed by atoms with Crippen molar-refractivity contribution in [2.45, 2.75) is 19.1 Å². The fraction of sp³-hybridized carbons (Fsp3) is 0.800. The first-order valence-electron chi connectivity index (χ1n) is 5.59. The van der Waals surface area contributed by atoms with Crippen LogP contribution >= 0.6 is 0 Å². The number of methoxy groups -OCH3 is 1. The van der Waals surface area contributed by atoms with Crippen LogP contribution in [0.2, 0.25) is 0 Å². The first-order valence-corrected chi connectivity index (χ1v) is 5.59. The molecule has 0 saturated carbocycles. The van der Waals surface area contributed by atoms with Gasteiger partial charge in [-0.25, -0.2) is 0 Å². The van der Waals surface area contributed by atoms with Gasteiger partial charge in [-0.15, -0.1) is 0 Å². The molecule has 0 saturated heterocycles. The average molecular weight is 285 g/mol. The third-order valence-electron chi connectivity index (χ3n) is 2.05. The normalized spacial score (nSPS) is 12.9. The summed E-state index contributed by atoms with van der Waals surface area (Å²) in [5, 5.41) is 6.73.